The fraction of sp³-hybridized carbons (Fsp3) is 0.0556. The molecular weight excluding hydrogens is 463 g/mol. The number of thiazole rings is 1. The lowest BCUT2D eigenvalue weighted by molar-refractivity contribution is 0.102. The number of hydrogen-bond acceptors (Lipinski definition) is 5. The minimum Gasteiger partial charge on any atom is -0.497 e. The number of anilines is 1. The Hall–Kier alpha value is -2.46. The standard InChI is InChI=1S/C18H13IN4O2S/c1-25-12-8-6-11(7-9-12)15-10-26-18-21-17(22-23(15)18)20-16(24)13-4-2-3-5-14(13)19/h2-10H,1H3,(H,20,22,24). The van der Waals surface area contributed by atoms with Gasteiger partial charge in [-0.15, -0.1) is 16.4 Å². The molecule has 0 aliphatic rings. The van der Waals surface area contributed by atoms with E-state index in [1.165, 1.54) is 11.3 Å². The van der Waals surface area contributed by atoms with E-state index in [1.54, 1.807) is 17.7 Å². The van der Waals surface area contributed by atoms with Crippen molar-refractivity contribution in [2.75, 3.05) is 12.4 Å². The lowest BCUT2D eigenvalue weighted by Crippen LogP contribution is -2.14. The molecule has 26 heavy (non-hydrogen) atoms. The zero-order chi connectivity index (χ0) is 18.1. The van der Waals surface area contributed by atoms with Crippen LogP contribution in [0.1, 0.15) is 10.4 Å². The summed E-state index contributed by atoms with van der Waals surface area (Å²) >= 11 is 3.61. The molecule has 0 saturated heterocycles. The maximum atomic E-state index is 12.4. The minimum atomic E-state index is -0.223. The van der Waals surface area contributed by atoms with Gasteiger partial charge in [-0.25, -0.2) is 4.52 Å². The average Bonchev–Trinajstić information content (AvgIpc) is 3.22. The molecule has 0 unspecified atom stereocenters. The number of benzene rings is 2. The first-order valence-corrected chi connectivity index (χ1v) is 9.66. The number of rotatable bonds is 4. The van der Waals surface area contributed by atoms with E-state index in [9.17, 15) is 4.79 Å². The molecule has 2 aromatic heterocycles. The number of hydrogen-bond donors (Lipinski definition) is 1. The molecule has 6 nitrogen and oxygen atoms in total. The van der Waals surface area contributed by atoms with Gasteiger partial charge in [0.2, 0.25) is 4.96 Å². The Kier molecular flexibility index (Phi) is 4.60. The molecule has 130 valence electrons. The highest BCUT2D eigenvalue weighted by Gasteiger charge is 2.15. The number of amides is 1. The van der Waals surface area contributed by atoms with Crippen molar-refractivity contribution in [3.05, 3.63) is 63.0 Å². The van der Waals surface area contributed by atoms with Crippen molar-refractivity contribution in [2.24, 2.45) is 0 Å². The van der Waals surface area contributed by atoms with Crippen molar-refractivity contribution in [1.29, 1.82) is 0 Å². The van der Waals surface area contributed by atoms with Crippen molar-refractivity contribution < 1.29 is 9.53 Å². The number of fused-ring (bicyclic) bond motifs is 1. The van der Waals surface area contributed by atoms with Gasteiger partial charge in [0.25, 0.3) is 11.9 Å². The topological polar surface area (TPSA) is 68.5 Å². The van der Waals surface area contributed by atoms with Gasteiger partial charge in [-0.05, 0) is 59.0 Å². The maximum Gasteiger partial charge on any atom is 0.259 e. The Morgan fingerprint density at radius 3 is 2.69 bits per heavy atom. The molecule has 0 fully saturated rings. The van der Waals surface area contributed by atoms with Crippen LogP contribution in [-0.2, 0) is 0 Å². The first-order chi connectivity index (χ1) is 12.7. The van der Waals surface area contributed by atoms with E-state index in [4.69, 9.17) is 4.74 Å². The molecule has 0 atom stereocenters. The van der Waals surface area contributed by atoms with Crippen LogP contribution in [0.4, 0.5) is 5.95 Å². The van der Waals surface area contributed by atoms with E-state index < -0.39 is 0 Å². The Labute approximate surface area is 167 Å². The molecule has 8 heteroatoms. The Morgan fingerprint density at radius 1 is 1.19 bits per heavy atom. The number of carbonyl (C=O) groups excluding carboxylic acids is 1. The second-order valence-electron chi connectivity index (χ2n) is 5.41. The monoisotopic (exact) mass is 476 g/mol. The summed E-state index contributed by atoms with van der Waals surface area (Å²) in [5, 5.41) is 9.20. The second kappa shape index (κ2) is 7.04. The molecule has 4 aromatic rings. The summed E-state index contributed by atoms with van der Waals surface area (Å²) in [5.74, 6) is 0.861. The third kappa shape index (κ3) is 3.17. The molecule has 0 saturated carbocycles. The Balaban J connectivity index is 1.63. The van der Waals surface area contributed by atoms with Crippen molar-refractivity contribution in [1.82, 2.24) is 14.6 Å². The number of halogens is 1. The zero-order valence-corrected chi connectivity index (χ0v) is 16.6. The van der Waals surface area contributed by atoms with Gasteiger partial charge in [0.15, 0.2) is 0 Å². The molecule has 0 spiro atoms. The van der Waals surface area contributed by atoms with Gasteiger partial charge in [-0.1, -0.05) is 12.1 Å². The molecule has 2 aromatic carbocycles. The van der Waals surface area contributed by atoms with Crippen LogP contribution in [0.5, 0.6) is 5.75 Å². The predicted molar refractivity (Wildman–Crippen MR) is 110 cm³/mol. The predicted octanol–water partition coefficient (Wildman–Crippen LogP) is 4.32. The van der Waals surface area contributed by atoms with E-state index in [0.29, 0.717) is 10.5 Å². The third-order valence-electron chi connectivity index (χ3n) is 3.81. The largest absolute Gasteiger partial charge is 0.497 e. The Morgan fingerprint density at radius 2 is 1.96 bits per heavy atom. The van der Waals surface area contributed by atoms with Crippen LogP contribution in [0.2, 0.25) is 0 Å². The molecule has 0 aliphatic heterocycles. The first-order valence-electron chi connectivity index (χ1n) is 7.70. The SMILES string of the molecule is COc1ccc(-c2csc3nc(NC(=O)c4ccccc4I)nn23)cc1. The van der Waals surface area contributed by atoms with E-state index in [-0.39, 0.29) is 11.9 Å². The third-order valence-corrected chi connectivity index (χ3v) is 5.57. The maximum absolute atomic E-state index is 12.4. The highest BCUT2D eigenvalue weighted by Crippen LogP contribution is 2.27. The van der Waals surface area contributed by atoms with Crippen LogP contribution in [0.15, 0.2) is 53.9 Å². The van der Waals surface area contributed by atoms with Gasteiger partial charge in [0.1, 0.15) is 5.75 Å². The first kappa shape index (κ1) is 17.0. The number of ether oxygens (including phenoxy) is 1. The van der Waals surface area contributed by atoms with Crippen molar-refractivity contribution in [3.8, 4) is 17.0 Å². The quantitative estimate of drug-likeness (QED) is 0.446. The van der Waals surface area contributed by atoms with Crippen LogP contribution < -0.4 is 10.1 Å². The van der Waals surface area contributed by atoms with Gasteiger partial charge in [-0.2, -0.15) is 4.98 Å². The van der Waals surface area contributed by atoms with Crippen LogP contribution in [-0.4, -0.2) is 27.6 Å². The number of methoxy groups -OCH3 is 1. The van der Waals surface area contributed by atoms with E-state index in [0.717, 1.165) is 20.6 Å². The minimum absolute atomic E-state index is 0.223. The van der Waals surface area contributed by atoms with Gasteiger partial charge < -0.3 is 4.74 Å². The number of aromatic nitrogens is 3. The highest BCUT2D eigenvalue weighted by molar-refractivity contribution is 14.1. The number of carbonyl (C=O) groups is 1. The molecule has 0 bridgehead atoms. The fourth-order valence-electron chi connectivity index (χ4n) is 2.51. The van der Waals surface area contributed by atoms with Crippen LogP contribution in [0.25, 0.3) is 16.2 Å². The van der Waals surface area contributed by atoms with E-state index >= 15 is 0 Å². The molecule has 0 radical (unpaired) electrons. The molecule has 2 heterocycles. The highest BCUT2D eigenvalue weighted by atomic mass is 127. The summed E-state index contributed by atoms with van der Waals surface area (Å²) in [4.78, 5) is 17.6. The lowest BCUT2D eigenvalue weighted by Gasteiger charge is -2.03. The fourth-order valence-corrected chi connectivity index (χ4v) is 3.97. The summed E-state index contributed by atoms with van der Waals surface area (Å²) in [5.41, 5.74) is 2.51. The summed E-state index contributed by atoms with van der Waals surface area (Å²) < 4.78 is 7.80. The van der Waals surface area contributed by atoms with E-state index in [1.807, 2.05) is 47.8 Å². The lowest BCUT2D eigenvalue weighted by atomic mass is 10.2. The molecule has 1 amide bonds. The second-order valence-corrected chi connectivity index (χ2v) is 7.41. The van der Waals surface area contributed by atoms with Crippen LogP contribution >= 0.6 is 33.9 Å². The van der Waals surface area contributed by atoms with E-state index in [2.05, 4.69) is 38.0 Å². The Bertz CT molecular complexity index is 1090. The summed E-state index contributed by atoms with van der Waals surface area (Å²) in [6, 6.07) is 15.1. The smallest absolute Gasteiger partial charge is 0.259 e. The van der Waals surface area contributed by atoms with Gasteiger partial charge in [0.05, 0.1) is 18.4 Å². The summed E-state index contributed by atoms with van der Waals surface area (Å²) in [6.45, 7) is 0. The van der Waals surface area contributed by atoms with Crippen molar-refractivity contribution >= 4 is 50.7 Å². The molecular formula is C18H13IN4O2S. The summed E-state index contributed by atoms with van der Waals surface area (Å²) in [6.07, 6.45) is 0. The molecule has 4 rings (SSSR count). The van der Waals surface area contributed by atoms with Crippen molar-refractivity contribution in [2.45, 2.75) is 0 Å². The van der Waals surface area contributed by atoms with Crippen molar-refractivity contribution in [3.63, 3.8) is 0 Å². The normalized spacial score (nSPS) is 10.8. The summed E-state index contributed by atoms with van der Waals surface area (Å²) in [7, 11) is 1.64. The van der Waals surface area contributed by atoms with Gasteiger partial charge in [0, 0.05) is 14.5 Å². The average molecular weight is 476 g/mol. The van der Waals surface area contributed by atoms with Crippen LogP contribution in [0, 0.1) is 3.57 Å². The number of nitrogens with one attached hydrogen (secondary N) is 1. The van der Waals surface area contributed by atoms with Gasteiger partial charge >= 0.3 is 0 Å². The van der Waals surface area contributed by atoms with Crippen LogP contribution in [0.3, 0.4) is 0 Å². The zero-order valence-electron chi connectivity index (χ0n) is 13.6. The molecule has 0 aliphatic carbocycles. The number of nitrogens with zero attached hydrogens (tertiary/aromatic N) is 3. The molecule has 1 N–H and O–H groups in total. The van der Waals surface area contributed by atoms with Gasteiger partial charge in [-0.3, -0.25) is 10.1 Å².